The van der Waals surface area contributed by atoms with Crippen LogP contribution in [-0.4, -0.2) is 59.5 Å². The summed E-state index contributed by atoms with van der Waals surface area (Å²) in [6, 6.07) is 4.16. The predicted molar refractivity (Wildman–Crippen MR) is 175 cm³/mol. The van der Waals surface area contributed by atoms with Crippen molar-refractivity contribution in [2.24, 2.45) is 11.8 Å². The molecule has 0 aromatic heterocycles. The number of phenols is 1. The number of aryl methyl sites for hydroxylation is 1. The molecular weight excluding hydrogens is 572 g/mol. The Morgan fingerprint density at radius 2 is 1.80 bits per heavy atom. The third-order valence-electron chi connectivity index (χ3n) is 8.52. The summed E-state index contributed by atoms with van der Waals surface area (Å²) in [6.07, 6.45) is 17.4. The molecule has 5 atom stereocenters. The van der Waals surface area contributed by atoms with E-state index < -0.39 is 36.2 Å². The van der Waals surface area contributed by atoms with Crippen LogP contribution in [0, 0.1) is 11.8 Å². The summed E-state index contributed by atoms with van der Waals surface area (Å²) in [5.74, 6) is -1.33. The van der Waals surface area contributed by atoms with Crippen molar-refractivity contribution in [3.8, 4) is 5.75 Å². The first-order chi connectivity index (χ1) is 21.6. The number of aliphatic hydroxyl groups excluding tert-OH is 1. The third kappa shape index (κ3) is 12.0. The Kier molecular flexibility index (Phi) is 14.6. The van der Waals surface area contributed by atoms with E-state index in [2.05, 4.69) is 10.6 Å². The second-order valence-corrected chi connectivity index (χ2v) is 12.2. The summed E-state index contributed by atoms with van der Waals surface area (Å²) < 4.78 is 11.4. The maximum Gasteiger partial charge on any atom is 0.328 e. The number of benzene rings is 1. The maximum absolute atomic E-state index is 13.1. The quantitative estimate of drug-likeness (QED) is 0.245. The molecule has 0 radical (unpaired) electrons. The summed E-state index contributed by atoms with van der Waals surface area (Å²) in [4.78, 5) is 38.5. The second-order valence-electron chi connectivity index (χ2n) is 12.2. The summed E-state index contributed by atoms with van der Waals surface area (Å²) in [5, 5.41) is 27.2. The van der Waals surface area contributed by atoms with E-state index in [1.807, 2.05) is 44.2 Å². The van der Waals surface area contributed by atoms with Crippen LogP contribution < -0.4 is 10.6 Å². The lowest BCUT2D eigenvalue weighted by atomic mass is 9.88. The molecule has 246 valence electrons. The first-order valence-electron chi connectivity index (χ1n) is 16.1. The summed E-state index contributed by atoms with van der Waals surface area (Å²) >= 11 is 0. The summed E-state index contributed by atoms with van der Waals surface area (Å²) in [6.45, 7) is 5.33. The zero-order chi connectivity index (χ0) is 32.8. The van der Waals surface area contributed by atoms with E-state index in [1.54, 1.807) is 31.2 Å². The Morgan fingerprint density at radius 3 is 2.53 bits per heavy atom. The van der Waals surface area contributed by atoms with Crippen LogP contribution in [0.2, 0.25) is 0 Å². The number of rotatable bonds is 5. The third-order valence-corrected chi connectivity index (χ3v) is 8.52. The number of aromatic hydroxyl groups is 1. The van der Waals surface area contributed by atoms with Gasteiger partial charge in [0, 0.05) is 37.1 Å². The van der Waals surface area contributed by atoms with Gasteiger partial charge in [-0.15, -0.1) is 0 Å². The molecule has 9 heteroatoms. The molecule has 5 unspecified atom stereocenters. The average Bonchev–Trinajstić information content (AvgIpc) is 3.01. The molecule has 1 aromatic carbocycles. The van der Waals surface area contributed by atoms with Gasteiger partial charge < -0.3 is 30.3 Å². The highest BCUT2D eigenvalue weighted by atomic mass is 16.5. The van der Waals surface area contributed by atoms with Gasteiger partial charge >= 0.3 is 5.97 Å². The molecule has 1 fully saturated rings. The van der Waals surface area contributed by atoms with E-state index in [9.17, 15) is 24.6 Å². The first kappa shape index (κ1) is 35.8. The number of hydrogen-bond donors (Lipinski definition) is 4. The Hall–Kier alpha value is -3.69. The monoisotopic (exact) mass is 622 g/mol. The number of amides is 2. The van der Waals surface area contributed by atoms with Crippen molar-refractivity contribution in [2.75, 3.05) is 12.4 Å². The molecule has 1 saturated carbocycles. The van der Waals surface area contributed by atoms with Crippen molar-refractivity contribution in [1.29, 1.82) is 0 Å². The molecule has 3 rings (SSSR count). The SMILES string of the molecule is COC1C=C/C=C/C=C/CC(OC(=O)C(C)NC(=O)C2CCCCC2)C(C)C(O)/C(C)=C\CCc2cc(O)cc(c2)NC(=O)C1. The number of anilines is 1. The molecule has 1 aliphatic carbocycles. The lowest BCUT2D eigenvalue weighted by molar-refractivity contribution is -0.156. The number of hydrogen-bond acceptors (Lipinski definition) is 7. The molecular formula is C36H50N2O7. The normalized spacial score (nSPS) is 27.5. The zero-order valence-corrected chi connectivity index (χ0v) is 27.0. The summed E-state index contributed by atoms with van der Waals surface area (Å²) in [7, 11) is 1.54. The fraction of sp³-hybridized carbons (Fsp3) is 0.528. The molecule has 2 aliphatic rings. The number of fused-ring (bicyclic) bond motifs is 2. The van der Waals surface area contributed by atoms with Crippen LogP contribution in [0.5, 0.6) is 5.75 Å². The van der Waals surface area contributed by atoms with Crippen molar-refractivity contribution in [2.45, 2.75) is 103 Å². The van der Waals surface area contributed by atoms with Gasteiger partial charge in [-0.25, -0.2) is 4.79 Å². The number of carbonyl (C=O) groups excluding carboxylic acids is 3. The van der Waals surface area contributed by atoms with E-state index in [-0.39, 0.29) is 29.9 Å². The minimum Gasteiger partial charge on any atom is -0.508 e. The van der Waals surface area contributed by atoms with Crippen molar-refractivity contribution in [3.63, 3.8) is 0 Å². The standard InChI is InChI=1S/C36H50N2O7/c1-24-14-13-15-27-20-29(22-30(39)21-27)38-33(40)23-31(44-4)18-11-6-5-7-12-19-32(25(2)34(24)41)45-36(43)26(3)37-35(42)28-16-9-8-10-17-28/h5-7,11-12,14,18,20-22,25-26,28,31-32,34,39,41H,8-10,13,15-17,19,23H2,1-4H3,(H,37,42)(H,38,40)/b6-5+,12-7+,18-11?,24-14-. The lowest BCUT2D eigenvalue weighted by Crippen LogP contribution is -2.45. The van der Waals surface area contributed by atoms with Gasteiger partial charge in [0.15, 0.2) is 0 Å². The molecule has 45 heavy (non-hydrogen) atoms. The van der Waals surface area contributed by atoms with Gasteiger partial charge in [0.05, 0.1) is 18.6 Å². The molecule has 2 amide bonds. The van der Waals surface area contributed by atoms with Gasteiger partial charge in [0.2, 0.25) is 11.8 Å². The predicted octanol–water partition coefficient (Wildman–Crippen LogP) is 5.68. The number of nitrogens with one attached hydrogen (secondary N) is 2. The maximum atomic E-state index is 13.1. The van der Waals surface area contributed by atoms with Gasteiger partial charge in [-0.2, -0.15) is 0 Å². The fourth-order valence-electron chi connectivity index (χ4n) is 5.70. The fourth-order valence-corrected chi connectivity index (χ4v) is 5.70. The van der Waals surface area contributed by atoms with Crippen LogP contribution in [0.15, 0.2) is 66.3 Å². The van der Waals surface area contributed by atoms with Gasteiger partial charge in [-0.1, -0.05) is 68.7 Å². The van der Waals surface area contributed by atoms with Crippen LogP contribution in [0.3, 0.4) is 0 Å². The van der Waals surface area contributed by atoms with Crippen molar-refractivity contribution < 1.29 is 34.1 Å². The molecule has 1 heterocycles. The molecule has 2 bridgehead atoms. The smallest absolute Gasteiger partial charge is 0.328 e. The van der Waals surface area contributed by atoms with Crippen LogP contribution in [0.25, 0.3) is 0 Å². The second kappa shape index (κ2) is 18.3. The van der Waals surface area contributed by atoms with Crippen LogP contribution >= 0.6 is 0 Å². The minimum absolute atomic E-state index is 0.0465. The van der Waals surface area contributed by atoms with E-state index in [4.69, 9.17) is 9.47 Å². The number of allylic oxidation sites excluding steroid dienone is 5. The molecule has 4 N–H and O–H groups in total. The van der Waals surface area contributed by atoms with E-state index in [0.29, 0.717) is 24.9 Å². The minimum atomic E-state index is -0.874. The number of methoxy groups -OCH3 is 1. The molecule has 9 nitrogen and oxygen atoms in total. The molecule has 0 spiro atoms. The van der Waals surface area contributed by atoms with Crippen molar-refractivity contribution in [3.05, 3.63) is 71.9 Å². The van der Waals surface area contributed by atoms with Crippen LogP contribution in [0.4, 0.5) is 5.69 Å². The number of carbonyl (C=O) groups is 3. The molecule has 0 saturated heterocycles. The van der Waals surface area contributed by atoms with Gasteiger partial charge in [-0.3, -0.25) is 9.59 Å². The number of phenolic OH excluding ortho intramolecular Hbond substituents is 1. The zero-order valence-electron chi connectivity index (χ0n) is 27.0. The molecule has 1 aliphatic heterocycles. The van der Waals surface area contributed by atoms with E-state index >= 15 is 0 Å². The first-order valence-corrected chi connectivity index (χ1v) is 16.1. The Balaban J connectivity index is 1.78. The number of aliphatic hydroxyl groups is 1. The summed E-state index contributed by atoms with van der Waals surface area (Å²) in [5.41, 5.74) is 2.06. The van der Waals surface area contributed by atoms with Gasteiger partial charge in [-0.05, 0) is 62.8 Å². The van der Waals surface area contributed by atoms with Gasteiger partial charge in [0.25, 0.3) is 0 Å². The van der Waals surface area contributed by atoms with Crippen molar-refractivity contribution >= 4 is 23.5 Å². The number of ether oxygens (including phenoxy) is 2. The lowest BCUT2D eigenvalue weighted by Gasteiger charge is -2.29. The highest BCUT2D eigenvalue weighted by Crippen LogP contribution is 2.26. The van der Waals surface area contributed by atoms with Crippen LogP contribution in [-0.2, 0) is 30.3 Å². The van der Waals surface area contributed by atoms with E-state index in [1.165, 1.54) is 13.2 Å². The number of esters is 1. The van der Waals surface area contributed by atoms with E-state index in [0.717, 1.165) is 43.2 Å². The molecule has 1 aromatic rings. The Morgan fingerprint density at radius 1 is 1.07 bits per heavy atom. The Labute approximate surface area is 267 Å². The average molecular weight is 623 g/mol. The highest BCUT2D eigenvalue weighted by molar-refractivity contribution is 5.91. The largest absolute Gasteiger partial charge is 0.508 e. The topological polar surface area (TPSA) is 134 Å². The van der Waals surface area contributed by atoms with Crippen molar-refractivity contribution in [1.82, 2.24) is 5.32 Å². The highest BCUT2D eigenvalue weighted by Gasteiger charge is 2.31. The Bertz CT molecular complexity index is 1260. The van der Waals surface area contributed by atoms with Gasteiger partial charge in [0.1, 0.15) is 17.9 Å². The van der Waals surface area contributed by atoms with Crippen LogP contribution in [0.1, 0.15) is 77.7 Å².